The van der Waals surface area contributed by atoms with E-state index in [2.05, 4.69) is 9.82 Å². The van der Waals surface area contributed by atoms with Crippen molar-refractivity contribution in [1.29, 1.82) is 0 Å². The Balaban J connectivity index is 1.75. The van der Waals surface area contributed by atoms with Gasteiger partial charge in [0.25, 0.3) is 10.0 Å². The molecule has 0 saturated heterocycles. The van der Waals surface area contributed by atoms with Crippen molar-refractivity contribution < 1.29 is 13.2 Å². The summed E-state index contributed by atoms with van der Waals surface area (Å²) < 4.78 is 35.5. The number of nitrogens with one attached hydrogen (secondary N) is 1. The molecule has 0 aliphatic rings. The maximum absolute atomic E-state index is 12.9. The van der Waals surface area contributed by atoms with Crippen LogP contribution in [0.5, 0.6) is 5.75 Å². The van der Waals surface area contributed by atoms with Crippen LogP contribution in [0.4, 0.5) is 5.82 Å². The molecule has 0 amide bonds. The molecule has 1 aromatic heterocycles. The van der Waals surface area contributed by atoms with Gasteiger partial charge >= 0.3 is 0 Å². The van der Waals surface area contributed by atoms with Crippen molar-refractivity contribution in [2.75, 3.05) is 11.8 Å². The molecule has 3 aromatic carbocycles. The van der Waals surface area contributed by atoms with E-state index in [1.165, 1.54) is 0 Å². The fraction of sp³-hybridized carbons (Fsp3) is 0.0870. The zero-order valence-electron chi connectivity index (χ0n) is 16.4. The van der Waals surface area contributed by atoms with Crippen LogP contribution in [0.2, 0.25) is 0 Å². The molecule has 4 rings (SSSR count). The molecule has 0 atom stereocenters. The summed E-state index contributed by atoms with van der Waals surface area (Å²) in [6.07, 6.45) is 1.84. The molecule has 0 unspecified atom stereocenters. The second-order valence-corrected chi connectivity index (χ2v) is 8.41. The van der Waals surface area contributed by atoms with E-state index in [9.17, 15) is 8.42 Å². The minimum Gasteiger partial charge on any atom is -0.497 e. The molecular formula is C23H21N3O3S. The highest BCUT2D eigenvalue weighted by atomic mass is 32.2. The molecule has 0 spiro atoms. The Kier molecular flexibility index (Phi) is 5.54. The van der Waals surface area contributed by atoms with Crippen molar-refractivity contribution in [3.8, 4) is 16.9 Å². The number of methoxy groups -OCH3 is 1. The second-order valence-electron chi connectivity index (χ2n) is 6.73. The summed E-state index contributed by atoms with van der Waals surface area (Å²) in [6.45, 7) is 0.519. The van der Waals surface area contributed by atoms with Crippen LogP contribution >= 0.6 is 0 Å². The maximum atomic E-state index is 12.9. The Morgan fingerprint density at radius 3 is 2.33 bits per heavy atom. The lowest BCUT2D eigenvalue weighted by molar-refractivity contribution is 0.415. The number of hydrogen-bond donors (Lipinski definition) is 1. The molecule has 1 N–H and O–H groups in total. The number of sulfonamides is 1. The van der Waals surface area contributed by atoms with Crippen molar-refractivity contribution in [2.45, 2.75) is 11.4 Å². The molecule has 1 heterocycles. The third kappa shape index (κ3) is 4.36. The predicted molar refractivity (Wildman–Crippen MR) is 117 cm³/mol. The number of aromatic nitrogens is 2. The molecule has 6 nitrogen and oxygen atoms in total. The van der Waals surface area contributed by atoms with Crippen LogP contribution in [-0.2, 0) is 16.6 Å². The van der Waals surface area contributed by atoms with E-state index >= 15 is 0 Å². The maximum Gasteiger partial charge on any atom is 0.263 e. The Hall–Kier alpha value is -3.58. The normalized spacial score (nSPS) is 11.2. The van der Waals surface area contributed by atoms with Crippen LogP contribution in [-0.4, -0.2) is 25.3 Å². The minimum absolute atomic E-state index is 0.180. The Morgan fingerprint density at radius 1 is 0.933 bits per heavy atom. The molecule has 30 heavy (non-hydrogen) atoms. The summed E-state index contributed by atoms with van der Waals surface area (Å²) in [5.74, 6) is 0.947. The van der Waals surface area contributed by atoms with Gasteiger partial charge in [-0.05, 0) is 35.4 Å². The first-order valence-corrected chi connectivity index (χ1v) is 10.9. The fourth-order valence-corrected chi connectivity index (χ4v) is 4.17. The number of rotatable bonds is 7. The van der Waals surface area contributed by atoms with Gasteiger partial charge in [-0.1, -0.05) is 60.7 Å². The van der Waals surface area contributed by atoms with Crippen molar-refractivity contribution in [3.63, 3.8) is 0 Å². The van der Waals surface area contributed by atoms with E-state index in [0.717, 1.165) is 11.1 Å². The number of hydrogen-bond acceptors (Lipinski definition) is 4. The van der Waals surface area contributed by atoms with E-state index in [1.807, 2.05) is 60.8 Å². The molecule has 4 aromatic rings. The highest BCUT2D eigenvalue weighted by Gasteiger charge is 2.20. The molecule has 0 aliphatic carbocycles. The lowest BCUT2D eigenvalue weighted by atomic mass is 10.1. The SMILES string of the molecule is COc1cccc(-c2cn(Cc3ccccc3)nc2NS(=O)(=O)c2ccccc2)c1. The third-order valence-electron chi connectivity index (χ3n) is 4.61. The number of ether oxygens (including phenoxy) is 1. The molecule has 0 radical (unpaired) electrons. The minimum atomic E-state index is -3.78. The molecule has 0 saturated carbocycles. The van der Waals surface area contributed by atoms with Gasteiger partial charge in [0.1, 0.15) is 5.75 Å². The van der Waals surface area contributed by atoms with Crippen LogP contribution < -0.4 is 9.46 Å². The van der Waals surface area contributed by atoms with Gasteiger partial charge < -0.3 is 4.74 Å². The highest BCUT2D eigenvalue weighted by molar-refractivity contribution is 7.92. The van der Waals surface area contributed by atoms with Gasteiger partial charge in [-0.2, -0.15) is 5.10 Å². The monoisotopic (exact) mass is 419 g/mol. The predicted octanol–water partition coefficient (Wildman–Crippen LogP) is 4.41. The zero-order valence-corrected chi connectivity index (χ0v) is 17.2. The van der Waals surface area contributed by atoms with Gasteiger partial charge in [0.2, 0.25) is 0 Å². The van der Waals surface area contributed by atoms with E-state index in [1.54, 1.807) is 42.1 Å². The van der Waals surface area contributed by atoms with Gasteiger partial charge in [-0.15, -0.1) is 0 Å². The van der Waals surface area contributed by atoms with E-state index in [4.69, 9.17) is 4.74 Å². The Morgan fingerprint density at radius 2 is 1.63 bits per heavy atom. The lowest BCUT2D eigenvalue weighted by Crippen LogP contribution is -2.14. The smallest absolute Gasteiger partial charge is 0.263 e. The standard InChI is InChI=1S/C23H21N3O3S/c1-29-20-12-8-11-19(15-20)22-17-26(16-18-9-4-2-5-10-18)24-23(22)25-30(27,28)21-13-6-3-7-14-21/h2-15,17H,16H2,1H3,(H,24,25). The summed E-state index contributed by atoms with van der Waals surface area (Å²) >= 11 is 0. The summed E-state index contributed by atoms with van der Waals surface area (Å²) in [5.41, 5.74) is 2.54. The zero-order chi connectivity index (χ0) is 21.0. The fourth-order valence-electron chi connectivity index (χ4n) is 3.14. The van der Waals surface area contributed by atoms with Crippen LogP contribution in [0, 0.1) is 0 Å². The summed E-state index contributed by atoms with van der Waals surface area (Å²) in [7, 11) is -2.18. The van der Waals surface area contributed by atoms with Gasteiger partial charge in [0.15, 0.2) is 5.82 Å². The molecular weight excluding hydrogens is 398 g/mol. The molecule has 0 fully saturated rings. The van der Waals surface area contributed by atoms with Crippen molar-refractivity contribution in [1.82, 2.24) is 9.78 Å². The topological polar surface area (TPSA) is 73.2 Å². The van der Waals surface area contributed by atoms with Crippen molar-refractivity contribution in [3.05, 3.63) is 96.7 Å². The average Bonchev–Trinajstić information content (AvgIpc) is 3.16. The van der Waals surface area contributed by atoms with Crippen molar-refractivity contribution in [2.24, 2.45) is 0 Å². The number of anilines is 1. The third-order valence-corrected chi connectivity index (χ3v) is 5.97. The number of benzene rings is 3. The Labute approximate surface area is 175 Å². The van der Waals surface area contributed by atoms with Gasteiger partial charge in [0, 0.05) is 11.8 Å². The highest BCUT2D eigenvalue weighted by Crippen LogP contribution is 2.31. The van der Waals surface area contributed by atoms with Crippen LogP contribution in [0.3, 0.4) is 0 Å². The van der Waals surface area contributed by atoms with Crippen LogP contribution in [0.1, 0.15) is 5.56 Å². The molecule has 0 bridgehead atoms. The Bertz CT molecular complexity index is 1240. The summed E-state index contributed by atoms with van der Waals surface area (Å²) in [4.78, 5) is 0.180. The molecule has 152 valence electrons. The van der Waals surface area contributed by atoms with Gasteiger partial charge in [-0.25, -0.2) is 8.42 Å². The van der Waals surface area contributed by atoms with Gasteiger partial charge in [-0.3, -0.25) is 9.40 Å². The van der Waals surface area contributed by atoms with Crippen LogP contribution in [0.15, 0.2) is 96.0 Å². The quantitative estimate of drug-likeness (QED) is 0.482. The average molecular weight is 420 g/mol. The summed E-state index contributed by atoms with van der Waals surface area (Å²) in [5, 5.41) is 4.53. The molecule has 0 aliphatic heterocycles. The first-order valence-electron chi connectivity index (χ1n) is 9.39. The largest absolute Gasteiger partial charge is 0.497 e. The lowest BCUT2D eigenvalue weighted by Gasteiger charge is -2.08. The van der Waals surface area contributed by atoms with E-state index < -0.39 is 10.0 Å². The first-order chi connectivity index (χ1) is 14.5. The van der Waals surface area contributed by atoms with Crippen LogP contribution in [0.25, 0.3) is 11.1 Å². The summed E-state index contributed by atoms with van der Waals surface area (Å²) in [6, 6.07) is 25.6. The van der Waals surface area contributed by atoms with E-state index in [0.29, 0.717) is 17.9 Å². The van der Waals surface area contributed by atoms with Crippen molar-refractivity contribution >= 4 is 15.8 Å². The van der Waals surface area contributed by atoms with Gasteiger partial charge in [0.05, 0.1) is 18.6 Å². The molecule has 7 heteroatoms. The van der Waals surface area contributed by atoms with E-state index in [-0.39, 0.29) is 10.7 Å². The first kappa shape index (κ1) is 19.7. The second kappa shape index (κ2) is 8.42. The number of nitrogens with zero attached hydrogens (tertiary/aromatic N) is 2.